The van der Waals surface area contributed by atoms with E-state index in [1.165, 1.54) is 4.90 Å². The van der Waals surface area contributed by atoms with Crippen LogP contribution in [-0.4, -0.2) is 16.8 Å². The third-order valence-electron chi connectivity index (χ3n) is 2.94. The van der Waals surface area contributed by atoms with Crippen molar-refractivity contribution < 1.29 is 9.59 Å². The highest BCUT2D eigenvalue weighted by Crippen LogP contribution is 2.26. The van der Waals surface area contributed by atoms with Gasteiger partial charge in [0.15, 0.2) is 0 Å². The van der Waals surface area contributed by atoms with Gasteiger partial charge < -0.3 is 0 Å². The maximum Gasteiger partial charge on any atom is 0.236 e. The molecular weight excluding hydrogens is 204 g/mol. The van der Waals surface area contributed by atoms with Gasteiger partial charge in [0, 0.05) is 24.7 Å². The van der Waals surface area contributed by atoms with Crippen molar-refractivity contribution in [3.63, 3.8) is 0 Å². The Hall–Kier alpha value is -1.71. The van der Waals surface area contributed by atoms with E-state index in [2.05, 4.69) is 4.98 Å². The molecule has 16 heavy (non-hydrogen) atoms. The van der Waals surface area contributed by atoms with Crippen LogP contribution in [0.4, 0.5) is 5.69 Å². The first-order chi connectivity index (χ1) is 7.74. The first kappa shape index (κ1) is 10.8. The summed E-state index contributed by atoms with van der Waals surface area (Å²) in [6, 6.07) is 3.38. The number of amides is 2. The minimum absolute atomic E-state index is 0.0223. The van der Waals surface area contributed by atoms with Crippen LogP contribution in [0.3, 0.4) is 0 Å². The Morgan fingerprint density at radius 1 is 1.38 bits per heavy atom. The SMILES string of the molecule is CC[C@@H]1CCC(=O)N(c2ccncc2)C1=O. The van der Waals surface area contributed by atoms with Crippen LogP contribution in [0.25, 0.3) is 0 Å². The number of imide groups is 1. The first-order valence-corrected chi connectivity index (χ1v) is 5.51. The van der Waals surface area contributed by atoms with Crippen LogP contribution in [-0.2, 0) is 9.59 Å². The van der Waals surface area contributed by atoms with Crippen molar-refractivity contribution in [2.45, 2.75) is 26.2 Å². The lowest BCUT2D eigenvalue weighted by atomic mass is 9.94. The standard InChI is InChI=1S/C12H14N2O2/c1-2-9-3-4-11(15)14(12(9)16)10-5-7-13-8-6-10/h5-9H,2-4H2,1H3/t9-/m1/s1. The molecule has 2 rings (SSSR count). The van der Waals surface area contributed by atoms with E-state index in [4.69, 9.17) is 0 Å². The summed E-state index contributed by atoms with van der Waals surface area (Å²) in [4.78, 5) is 29.0. The average molecular weight is 218 g/mol. The van der Waals surface area contributed by atoms with Crippen molar-refractivity contribution in [2.75, 3.05) is 4.90 Å². The van der Waals surface area contributed by atoms with Crippen molar-refractivity contribution in [1.82, 2.24) is 4.98 Å². The lowest BCUT2D eigenvalue weighted by molar-refractivity contribution is -0.132. The molecule has 4 heteroatoms. The maximum absolute atomic E-state index is 12.1. The number of nitrogens with zero attached hydrogens (tertiary/aromatic N) is 2. The third-order valence-corrected chi connectivity index (χ3v) is 2.94. The molecule has 84 valence electrons. The lowest BCUT2D eigenvalue weighted by Crippen LogP contribution is -2.45. The molecule has 0 aliphatic carbocycles. The van der Waals surface area contributed by atoms with E-state index < -0.39 is 0 Å². The third kappa shape index (κ3) is 1.83. The fourth-order valence-corrected chi connectivity index (χ4v) is 1.98. The second-order valence-electron chi connectivity index (χ2n) is 3.92. The van der Waals surface area contributed by atoms with Gasteiger partial charge in [-0.25, -0.2) is 0 Å². The number of carbonyl (C=O) groups excluding carboxylic acids is 2. The summed E-state index contributed by atoms with van der Waals surface area (Å²) >= 11 is 0. The van der Waals surface area contributed by atoms with Crippen molar-refractivity contribution >= 4 is 17.5 Å². The number of carbonyl (C=O) groups is 2. The zero-order chi connectivity index (χ0) is 11.5. The van der Waals surface area contributed by atoms with E-state index in [0.717, 1.165) is 6.42 Å². The van der Waals surface area contributed by atoms with Crippen LogP contribution in [0.15, 0.2) is 24.5 Å². The van der Waals surface area contributed by atoms with Gasteiger partial charge in [0.05, 0.1) is 5.69 Å². The monoisotopic (exact) mass is 218 g/mol. The van der Waals surface area contributed by atoms with Gasteiger partial charge in [-0.2, -0.15) is 0 Å². The molecule has 0 spiro atoms. The molecule has 0 bridgehead atoms. The van der Waals surface area contributed by atoms with Gasteiger partial charge in [0.25, 0.3) is 0 Å². The van der Waals surface area contributed by atoms with Crippen LogP contribution < -0.4 is 4.90 Å². The van der Waals surface area contributed by atoms with E-state index in [9.17, 15) is 9.59 Å². The van der Waals surface area contributed by atoms with Gasteiger partial charge in [0.1, 0.15) is 0 Å². The number of rotatable bonds is 2. The minimum atomic E-state index is -0.110. The molecule has 0 saturated carbocycles. The Morgan fingerprint density at radius 3 is 2.69 bits per heavy atom. The number of hydrogen-bond donors (Lipinski definition) is 0. The summed E-state index contributed by atoms with van der Waals surface area (Å²) < 4.78 is 0. The highest BCUT2D eigenvalue weighted by atomic mass is 16.2. The number of aromatic nitrogens is 1. The molecule has 1 atom stereocenters. The maximum atomic E-state index is 12.1. The van der Waals surface area contributed by atoms with Crippen LogP contribution in [0, 0.1) is 5.92 Å². The molecule has 1 saturated heterocycles. The largest absolute Gasteiger partial charge is 0.274 e. The minimum Gasteiger partial charge on any atom is -0.274 e. The van der Waals surface area contributed by atoms with Crippen molar-refractivity contribution in [3.8, 4) is 0 Å². The van der Waals surface area contributed by atoms with Crippen molar-refractivity contribution in [1.29, 1.82) is 0 Å². The number of anilines is 1. The molecule has 1 aromatic rings. The first-order valence-electron chi connectivity index (χ1n) is 5.51. The summed E-state index contributed by atoms with van der Waals surface area (Å²) in [5.41, 5.74) is 0.628. The Bertz CT molecular complexity index is 403. The number of hydrogen-bond acceptors (Lipinski definition) is 3. The van der Waals surface area contributed by atoms with Crippen LogP contribution in [0.5, 0.6) is 0 Å². The zero-order valence-corrected chi connectivity index (χ0v) is 9.22. The molecule has 4 nitrogen and oxygen atoms in total. The highest BCUT2D eigenvalue weighted by Gasteiger charge is 2.33. The lowest BCUT2D eigenvalue weighted by Gasteiger charge is -2.29. The van der Waals surface area contributed by atoms with Gasteiger partial charge in [-0.3, -0.25) is 19.5 Å². The Balaban J connectivity index is 2.31. The molecule has 1 aromatic heterocycles. The van der Waals surface area contributed by atoms with E-state index in [1.807, 2.05) is 6.92 Å². The second-order valence-corrected chi connectivity index (χ2v) is 3.92. The number of pyridine rings is 1. The van der Waals surface area contributed by atoms with Gasteiger partial charge in [0.2, 0.25) is 11.8 Å². The molecule has 2 heterocycles. The molecule has 0 unspecified atom stereocenters. The molecular formula is C12H14N2O2. The Morgan fingerprint density at radius 2 is 2.06 bits per heavy atom. The van der Waals surface area contributed by atoms with Gasteiger partial charge in [-0.15, -0.1) is 0 Å². The van der Waals surface area contributed by atoms with E-state index in [1.54, 1.807) is 24.5 Å². The second kappa shape index (κ2) is 4.43. The average Bonchev–Trinajstić information content (AvgIpc) is 2.31. The Labute approximate surface area is 94.3 Å². The van der Waals surface area contributed by atoms with Crippen LogP contribution in [0.1, 0.15) is 26.2 Å². The predicted molar refractivity (Wildman–Crippen MR) is 59.7 cm³/mol. The van der Waals surface area contributed by atoms with Gasteiger partial charge in [-0.05, 0) is 25.0 Å². The highest BCUT2D eigenvalue weighted by molar-refractivity contribution is 6.17. The molecule has 0 radical (unpaired) electrons. The quantitative estimate of drug-likeness (QED) is 0.711. The fraction of sp³-hybridized carbons (Fsp3) is 0.417. The molecule has 1 aliphatic heterocycles. The summed E-state index contributed by atoms with van der Waals surface area (Å²) in [5.74, 6) is -0.211. The smallest absolute Gasteiger partial charge is 0.236 e. The summed E-state index contributed by atoms with van der Waals surface area (Å²) in [5, 5.41) is 0. The molecule has 2 amide bonds. The van der Waals surface area contributed by atoms with Crippen LogP contribution >= 0.6 is 0 Å². The molecule has 0 aromatic carbocycles. The van der Waals surface area contributed by atoms with Gasteiger partial charge >= 0.3 is 0 Å². The summed E-state index contributed by atoms with van der Waals surface area (Å²) in [6.45, 7) is 1.98. The van der Waals surface area contributed by atoms with Crippen molar-refractivity contribution in [2.24, 2.45) is 5.92 Å². The van der Waals surface area contributed by atoms with E-state index in [0.29, 0.717) is 18.5 Å². The van der Waals surface area contributed by atoms with E-state index >= 15 is 0 Å². The van der Waals surface area contributed by atoms with Crippen molar-refractivity contribution in [3.05, 3.63) is 24.5 Å². The topological polar surface area (TPSA) is 50.3 Å². The summed E-state index contributed by atoms with van der Waals surface area (Å²) in [6.07, 6.45) is 5.09. The number of piperidine rings is 1. The molecule has 1 aliphatic rings. The molecule has 0 N–H and O–H groups in total. The predicted octanol–water partition coefficient (Wildman–Crippen LogP) is 1.76. The fourth-order valence-electron chi connectivity index (χ4n) is 1.98. The zero-order valence-electron chi connectivity index (χ0n) is 9.22. The Kier molecular flexibility index (Phi) is 2.99. The summed E-state index contributed by atoms with van der Waals surface area (Å²) in [7, 11) is 0. The van der Waals surface area contributed by atoms with E-state index in [-0.39, 0.29) is 17.7 Å². The van der Waals surface area contributed by atoms with Gasteiger partial charge in [-0.1, -0.05) is 6.92 Å². The van der Waals surface area contributed by atoms with Crippen LogP contribution in [0.2, 0.25) is 0 Å². The normalized spacial score (nSPS) is 21.3. The molecule has 1 fully saturated rings.